The van der Waals surface area contributed by atoms with Crippen LogP contribution in [0.5, 0.6) is 0 Å². The predicted octanol–water partition coefficient (Wildman–Crippen LogP) is 16.5. The molecule has 0 heterocycles. The molecule has 2 nitrogen and oxygen atoms in total. The Hall–Kier alpha value is -7.86. The molecule has 0 radical (unpaired) electrons. The molecule has 2 heteroatoms. The van der Waals surface area contributed by atoms with E-state index in [1.54, 1.807) is 0 Å². The van der Waals surface area contributed by atoms with Crippen LogP contribution in [0.2, 0.25) is 0 Å². The van der Waals surface area contributed by atoms with Crippen LogP contribution in [0.4, 0.5) is 34.1 Å². The summed E-state index contributed by atoms with van der Waals surface area (Å²) in [4.78, 5) is 4.73. The second kappa shape index (κ2) is 15.4. The van der Waals surface area contributed by atoms with E-state index in [-0.39, 0.29) is 0 Å². The topological polar surface area (TPSA) is 6.48 Å². The van der Waals surface area contributed by atoms with Gasteiger partial charge in [0.1, 0.15) is 0 Å². The third kappa shape index (κ3) is 6.58. The molecule has 11 rings (SSSR count). The first-order valence-corrected chi connectivity index (χ1v) is 21.2. The molecule has 61 heavy (non-hydrogen) atoms. The van der Waals surface area contributed by atoms with Crippen LogP contribution >= 0.6 is 0 Å². The molecule has 288 valence electrons. The average molecular weight is 779 g/mol. The van der Waals surface area contributed by atoms with Crippen LogP contribution in [-0.2, 0) is 0 Å². The molecule has 1 unspecified atom stereocenters. The van der Waals surface area contributed by atoms with Crippen molar-refractivity contribution in [1.82, 2.24) is 0 Å². The first-order valence-electron chi connectivity index (χ1n) is 21.2. The first kappa shape index (κ1) is 36.2. The van der Waals surface area contributed by atoms with Crippen molar-refractivity contribution < 1.29 is 0 Å². The fourth-order valence-corrected chi connectivity index (χ4v) is 9.37. The maximum Gasteiger partial charge on any atom is 0.0468 e. The molecule has 0 saturated carbocycles. The van der Waals surface area contributed by atoms with Crippen LogP contribution in [0.3, 0.4) is 0 Å². The summed E-state index contributed by atoms with van der Waals surface area (Å²) in [6, 6.07) is 81.5. The Morgan fingerprint density at radius 2 is 0.934 bits per heavy atom. The van der Waals surface area contributed by atoms with Crippen LogP contribution in [0.25, 0.3) is 60.6 Å². The lowest BCUT2D eigenvalue weighted by Crippen LogP contribution is -2.10. The van der Waals surface area contributed by atoms with Crippen molar-refractivity contribution >= 4 is 72.5 Å². The van der Waals surface area contributed by atoms with Gasteiger partial charge >= 0.3 is 0 Å². The number of nitrogens with zero attached hydrogens (tertiary/aromatic N) is 2. The van der Waals surface area contributed by atoms with Crippen molar-refractivity contribution in [1.29, 1.82) is 0 Å². The first-order chi connectivity index (χ1) is 30.2. The van der Waals surface area contributed by atoms with Gasteiger partial charge in [0.15, 0.2) is 0 Å². The second-order valence-corrected chi connectivity index (χ2v) is 16.0. The van der Waals surface area contributed by atoms with Crippen molar-refractivity contribution in [2.75, 3.05) is 9.80 Å². The predicted molar refractivity (Wildman–Crippen MR) is 259 cm³/mol. The third-order valence-electron chi connectivity index (χ3n) is 12.2. The van der Waals surface area contributed by atoms with Gasteiger partial charge in [0.25, 0.3) is 0 Å². The van der Waals surface area contributed by atoms with E-state index < -0.39 is 0 Å². The Kier molecular flexibility index (Phi) is 9.14. The summed E-state index contributed by atoms with van der Waals surface area (Å²) in [5.74, 6) is 0.480. The van der Waals surface area contributed by atoms with E-state index in [0.717, 1.165) is 56.9 Å². The minimum atomic E-state index is 0.480. The molecule has 0 bridgehead atoms. The molecule has 0 aliphatic heterocycles. The standard InChI is InChI=1S/C59H42N2/c1-41-17-16-20-44-38-46(31-34-53(41)44)59-55-36-33-51(60(47-21-6-2-7-22-47)48-23-8-3-9-24-48)39-56(55)58(45-30-29-42-18-14-15-19-43(42)37-45)54-35-32-52(40-57(54)59)61(49-25-10-4-11-26-49)50-27-12-5-13-28-50/h2-14,16,18,20-41H,17H2,1H3. The van der Waals surface area contributed by atoms with Crippen molar-refractivity contribution in [3.8, 4) is 22.3 Å². The van der Waals surface area contributed by atoms with E-state index in [0.29, 0.717) is 5.92 Å². The number of fused-ring (bicyclic) bond motifs is 4. The molecule has 0 N–H and O–H groups in total. The number of allylic oxidation sites excluding steroid dienone is 1. The minimum Gasteiger partial charge on any atom is -0.310 e. The van der Waals surface area contributed by atoms with Gasteiger partial charge in [0, 0.05) is 39.5 Å². The third-order valence-corrected chi connectivity index (χ3v) is 12.2. The molecule has 1 atom stereocenters. The summed E-state index contributed by atoms with van der Waals surface area (Å²) >= 11 is 0. The highest BCUT2D eigenvalue weighted by atomic mass is 15.1. The summed E-state index contributed by atoms with van der Waals surface area (Å²) in [5.41, 5.74) is 14.1. The molecule has 0 aromatic heterocycles. The normalized spacial score (nSPS) is 13.2. The zero-order valence-electron chi connectivity index (χ0n) is 34.0. The number of hydrogen-bond acceptors (Lipinski definition) is 2. The van der Waals surface area contributed by atoms with Crippen LogP contribution in [0, 0.1) is 12.1 Å². The van der Waals surface area contributed by atoms with Crippen molar-refractivity contribution in [2.45, 2.75) is 19.3 Å². The van der Waals surface area contributed by atoms with E-state index >= 15 is 0 Å². The summed E-state index contributed by atoms with van der Waals surface area (Å²) in [6.45, 7) is 2.33. The van der Waals surface area contributed by atoms with Gasteiger partial charge in [0.05, 0.1) is 0 Å². The van der Waals surface area contributed by atoms with Gasteiger partial charge in [0.2, 0.25) is 0 Å². The van der Waals surface area contributed by atoms with Crippen molar-refractivity contribution in [3.63, 3.8) is 0 Å². The van der Waals surface area contributed by atoms with E-state index in [2.05, 4.69) is 241 Å². The number of para-hydroxylation sites is 4. The summed E-state index contributed by atoms with van der Waals surface area (Å²) in [6.07, 6.45) is 5.70. The van der Waals surface area contributed by atoms with E-state index in [1.807, 2.05) is 6.07 Å². The molecule has 1 aliphatic carbocycles. The molecule has 0 spiro atoms. The quantitative estimate of drug-likeness (QED) is 0.142. The Bertz CT molecular complexity index is 3150. The van der Waals surface area contributed by atoms with Gasteiger partial charge in [-0.25, -0.2) is 0 Å². The summed E-state index contributed by atoms with van der Waals surface area (Å²) in [7, 11) is 0. The van der Waals surface area contributed by atoms with Gasteiger partial charge in [-0.05, 0) is 170 Å². The number of rotatable bonds is 8. The minimum absolute atomic E-state index is 0.480. The summed E-state index contributed by atoms with van der Waals surface area (Å²) in [5, 5.41) is 6.97. The van der Waals surface area contributed by atoms with Crippen LogP contribution in [-0.4, -0.2) is 0 Å². The highest BCUT2D eigenvalue weighted by molar-refractivity contribution is 6.23. The van der Waals surface area contributed by atoms with E-state index in [1.165, 1.54) is 49.4 Å². The highest BCUT2D eigenvalue weighted by Gasteiger charge is 2.23. The zero-order chi connectivity index (χ0) is 40.7. The Morgan fingerprint density at radius 1 is 0.443 bits per heavy atom. The van der Waals surface area contributed by atoms with E-state index in [9.17, 15) is 0 Å². The molecule has 10 aromatic carbocycles. The van der Waals surface area contributed by atoms with Crippen LogP contribution < -0.4 is 9.80 Å². The number of anilines is 6. The Balaban J connectivity index is 1.26. The largest absolute Gasteiger partial charge is 0.310 e. The zero-order valence-corrected chi connectivity index (χ0v) is 34.0. The molecular weight excluding hydrogens is 737 g/mol. The molecule has 10 aromatic rings. The van der Waals surface area contributed by atoms with Crippen molar-refractivity contribution in [2.24, 2.45) is 0 Å². The Morgan fingerprint density at radius 3 is 1.46 bits per heavy atom. The molecule has 0 saturated heterocycles. The van der Waals surface area contributed by atoms with Crippen molar-refractivity contribution in [3.05, 3.63) is 236 Å². The lowest BCUT2D eigenvalue weighted by molar-refractivity contribution is 0.772. The number of hydrogen-bond donors (Lipinski definition) is 0. The second-order valence-electron chi connectivity index (χ2n) is 16.0. The smallest absolute Gasteiger partial charge is 0.0468 e. The maximum absolute atomic E-state index is 3.41. The fraction of sp³-hybridized carbons (Fsp3) is 0.0508. The summed E-state index contributed by atoms with van der Waals surface area (Å²) < 4.78 is 0. The fourth-order valence-electron chi connectivity index (χ4n) is 9.37. The van der Waals surface area contributed by atoms with Gasteiger partial charge in [-0.2, -0.15) is 0 Å². The Labute approximate surface area is 357 Å². The monoisotopic (exact) mass is 778 g/mol. The SMILES string of the molecule is CC1CC=Cc2cc(-c3c4ccc(N(c5ccccc5)c5ccccc5)cc4c(-c4ccc5ccc#cc5c4)c4ccc(N(c5ccccc5)c5ccccc5)cc34)ccc21. The highest BCUT2D eigenvalue weighted by Crippen LogP contribution is 2.49. The van der Waals surface area contributed by atoms with Gasteiger partial charge < -0.3 is 9.80 Å². The molecule has 0 fully saturated rings. The molecule has 0 amide bonds. The number of benzene rings is 9. The van der Waals surface area contributed by atoms with Gasteiger partial charge in [-0.15, -0.1) is 0 Å². The lowest BCUT2D eigenvalue weighted by Gasteiger charge is -2.28. The average Bonchev–Trinajstić information content (AvgIpc) is 3.32. The van der Waals surface area contributed by atoms with Crippen LogP contribution in [0.1, 0.15) is 30.4 Å². The van der Waals surface area contributed by atoms with Gasteiger partial charge in [-0.1, -0.05) is 140 Å². The maximum atomic E-state index is 3.41. The van der Waals surface area contributed by atoms with E-state index in [4.69, 9.17) is 0 Å². The molecule has 1 aliphatic rings. The van der Waals surface area contributed by atoms with Crippen LogP contribution in [0.15, 0.2) is 212 Å². The molecular formula is C59H42N2. The van der Waals surface area contributed by atoms with Gasteiger partial charge in [-0.3, -0.25) is 0 Å². The lowest BCUT2D eigenvalue weighted by atomic mass is 9.82.